The van der Waals surface area contributed by atoms with Gasteiger partial charge < -0.3 is 5.32 Å². The summed E-state index contributed by atoms with van der Waals surface area (Å²) in [5.74, 6) is -0.124. The second-order valence-electron chi connectivity index (χ2n) is 5.47. The zero-order valence-electron chi connectivity index (χ0n) is 13.1. The highest BCUT2D eigenvalue weighted by Gasteiger charge is 2.19. The van der Waals surface area contributed by atoms with Gasteiger partial charge in [0.1, 0.15) is 11.3 Å². The first-order valence-corrected chi connectivity index (χ1v) is 7.44. The van der Waals surface area contributed by atoms with E-state index < -0.39 is 0 Å². The van der Waals surface area contributed by atoms with Crippen LogP contribution < -0.4 is 5.32 Å². The van der Waals surface area contributed by atoms with E-state index in [0.29, 0.717) is 5.69 Å². The molecule has 112 valence electrons. The maximum atomic E-state index is 12.7. The van der Waals surface area contributed by atoms with E-state index in [0.717, 1.165) is 34.6 Å². The van der Waals surface area contributed by atoms with Gasteiger partial charge in [-0.25, -0.2) is 4.98 Å². The monoisotopic (exact) mass is 293 g/mol. The van der Waals surface area contributed by atoms with E-state index in [1.807, 2.05) is 67.8 Å². The lowest BCUT2D eigenvalue weighted by Crippen LogP contribution is -2.16. The summed E-state index contributed by atoms with van der Waals surface area (Å²) in [4.78, 5) is 17.3. The number of aromatic nitrogens is 2. The molecule has 0 saturated carbocycles. The third-order valence-electron chi connectivity index (χ3n) is 3.74. The van der Waals surface area contributed by atoms with Crippen LogP contribution in [-0.2, 0) is 6.42 Å². The third-order valence-corrected chi connectivity index (χ3v) is 3.74. The largest absolute Gasteiger partial charge is 0.321 e. The van der Waals surface area contributed by atoms with Crippen molar-refractivity contribution < 1.29 is 4.79 Å². The zero-order valence-corrected chi connectivity index (χ0v) is 13.1. The van der Waals surface area contributed by atoms with Crippen LogP contribution in [0, 0.1) is 13.8 Å². The first-order chi connectivity index (χ1) is 10.6. The Morgan fingerprint density at radius 2 is 2.05 bits per heavy atom. The molecule has 0 atom stereocenters. The molecule has 22 heavy (non-hydrogen) atoms. The number of anilines is 1. The summed E-state index contributed by atoms with van der Waals surface area (Å²) in [6.45, 7) is 6.02. The van der Waals surface area contributed by atoms with E-state index in [-0.39, 0.29) is 5.91 Å². The molecule has 0 bridgehead atoms. The molecule has 4 nitrogen and oxygen atoms in total. The number of imidazole rings is 1. The molecule has 0 aliphatic rings. The molecule has 0 saturated heterocycles. The van der Waals surface area contributed by atoms with E-state index in [4.69, 9.17) is 0 Å². The molecule has 0 unspecified atom stereocenters. The van der Waals surface area contributed by atoms with Crippen molar-refractivity contribution in [3.63, 3.8) is 0 Å². The number of carbonyl (C=O) groups excluding carboxylic acids is 1. The summed E-state index contributed by atoms with van der Waals surface area (Å²) in [5, 5.41) is 2.97. The number of aryl methyl sites for hydroxylation is 3. The van der Waals surface area contributed by atoms with E-state index in [2.05, 4.69) is 10.3 Å². The van der Waals surface area contributed by atoms with E-state index in [1.54, 1.807) is 0 Å². The quantitative estimate of drug-likeness (QED) is 0.799. The standard InChI is InChI=1S/C18H19N3O/c1-4-15-16(21-10-6-8-13(3)17(21)20-15)18(22)19-14-9-5-7-12(2)11-14/h5-11H,4H2,1-3H3,(H,19,22). The molecule has 2 heterocycles. The van der Waals surface area contributed by atoms with Gasteiger partial charge >= 0.3 is 0 Å². The highest BCUT2D eigenvalue weighted by Crippen LogP contribution is 2.18. The molecule has 0 fully saturated rings. The molecule has 3 aromatic rings. The van der Waals surface area contributed by atoms with Gasteiger partial charge in [-0.1, -0.05) is 25.1 Å². The molecule has 3 rings (SSSR count). The number of benzene rings is 1. The molecular formula is C18H19N3O. The van der Waals surface area contributed by atoms with Crippen LogP contribution in [0.4, 0.5) is 5.69 Å². The van der Waals surface area contributed by atoms with Crippen LogP contribution in [0.15, 0.2) is 42.6 Å². The van der Waals surface area contributed by atoms with Crippen molar-refractivity contribution in [2.75, 3.05) is 5.32 Å². The average molecular weight is 293 g/mol. The summed E-state index contributed by atoms with van der Waals surface area (Å²) in [6, 6.07) is 11.7. The number of nitrogens with zero attached hydrogens (tertiary/aromatic N) is 2. The molecule has 1 amide bonds. The number of amides is 1. The van der Waals surface area contributed by atoms with Gasteiger partial charge in [-0.2, -0.15) is 0 Å². The minimum absolute atomic E-state index is 0.124. The minimum Gasteiger partial charge on any atom is -0.321 e. The number of carbonyl (C=O) groups is 1. The van der Waals surface area contributed by atoms with Crippen LogP contribution in [0.1, 0.15) is 34.2 Å². The predicted octanol–water partition coefficient (Wildman–Crippen LogP) is 3.77. The van der Waals surface area contributed by atoms with Crippen molar-refractivity contribution in [1.29, 1.82) is 0 Å². The Morgan fingerprint density at radius 3 is 2.77 bits per heavy atom. The van der Waals surface area contributed by atoms with Crippen LogP contribution in [0.25, 0.3) is 5.65 Å². The van der Waals surface area contributed by atoms with Crippen molar-refractivity contribution in [2.45, 2.75) is 27.2 Å². The Labute approximate surface area is 129 Å². The van der Waals surface area contributed by atoms with Gasteiger partial charge in [-0.15, -0.1) is 0 Å². The van der Waals surface area contributed by atoms with Crippen molar-refractivity contribution in [3.8, 4) is 0 Å². The number of nitrogens with one attached hydrogen (secondary N) is 1. The maximum absolute atomic E-state index is 12.7. The summed E-state index contributed by atoms with van der Waals surface area (Å²) in [5.41, 5.74) is 5.25. The van der Waals surface area contributed by atoms with Crippen LogP contribution in [-0.4, -0.2) is 15.3 Å². The Kier molecular flexibility index (Phi) is 3.67. The second-order valence-corrected chi connectivity index (χ2v) is 5.47. The highest BCUT2D eigenvalue weighted by atomic mass is 16.2. The topological polar surface area (TPSA) is 46.4 Å². The molecule has 4 heteroatoms. The van der Waals surface area contributed by atoms with Gasteiger partial charge in [0.25, 0.3) is 5.91 Å². The summed E-state index contributed by atoms with van der Waals surface area (Å²) >= 11 is 0. The minimum atomic E-state index is -0.124. The maximum Gasteiger partial charge on any atom is 0.274 e. The van der Waals surface area contributed by atoms with Gasteiger partial charge in [0.2, 0.25) is 0 Å². The van der Waals surface area contributed by atoms with Crippen molar-refractivity contribution in [2.24, 2.45) is 0 Å². The molecule has 0 spiro atoms. The zero-order chi connectivity index (χ0) is 15.7. The van der Waals surface area contributed by atoms with Gasteiger partial charge in [-0.05, 0) is 49.6 Å². The first-order valence-electron chi connectivity index (χ1n) is 7.44. The SMILES string of the molecule is CCc1nc2c(C)cccn2c1C(=O)Nc1cccc(C)c1. The van der Waals surface area contributed by atoms with Crippen LogP contribution >= 0.6 is 0 Å². The van der Waals surface area contributed by atoms with Crippen LogP contribution in [0.5, 0.6) is 0 Å². The predicted molar refractivity (Wildman–Crippen MR) is 88.4 cm³/mol. The Balaban J connectivity index is 2.05. The average Bonchev–Trinajstić information content (AvgIpc) is 2.87. The van der Waals surface area contributed by atoms with Crippen molar-refractivity contribution >= 4 is 17.2 Å². The second kappa shape index (κ2) is 5.64. The Bertz CT molecular complexity index is 849. The number of hydrogen-bond donors (Lipinski definition) is 1. The first kappa shape index (κ1) is 14.3. The summed E-state index contributed by atoms with van der Waals surface area (Å²) in [6.07, 6.45) is 2.61. The number of pyridine rings is 1. The molecule has 0 aliphatic carbocycles. The molecule has 0 radical (unpaired) electrons. The van der Waals surface area contributed by atoms with E-state index >= 15 is 0 Å². The van der Waals surface area contributed by atoms with Gasteiger partial charge in [-0.3, -0.25) is 9.20 Å². The summed E-state index contributed by atoms with van der Waals surface area (Å²) in [7, 11) is 0. The fourth-order valence-electron chi connectivity index (χ4n) is 2.65. The molecule has 0 aliphatic heterocycles. The number of rotatable bonds is 3. The van der Waals surface area contributed by atoms with Crippen molar-refractivity contribution in [3.05, 3.63) is 65.1 Å². The van der Waals surface area contributed by atoms with E-state index in [9.17, 15) is 4.79 Å². The Hall–Kier alpha value is -2.62. The number of hydrogen-bond acceptors (Lipinski definition) is 2. The smallest absolute Gasteiger partial charge is 0.274 e. The summed E-state index contributed by atoms with van der Waals surface area (Å²) < 4.78 is 1.87. The van der Waals surface area contributed by atoms with Gasteiger partial charge in [0.15, 0.2) is 0 Å². The lowest BCUT2D eigenvalue weighted by atomic mass is 10.2. The lowest BCUT2D eigenvalue weighted by Gasteiger charge is -2.07. The number of fused-ring (bicyclic) bond motifs is 1. The normalized spacial score (nSPS) is 10.9. The fourth-order valence-corrected chi connectivity index (χ4v) is 2.65. The molecule has 2 aromatic heterocycles. The molecule has 1 N–H and O–H groups in total. The van der Waals surface area contributed by atoms with Crippen LogP contribution in [0.2, 0.25) is 0 Å². The Morgan fingerprint density at radius 1 is 1.23 bits per heavy atom. The fraction of sp³-hybridized carbons (Fsp3) is 0.222. The molecule has 1 aromatic carbocycles. The van der Waals surface area contributed by atoms with Crippen molar-refractivity contribution in [1.82, 2.24) is 9.38 Å². The highest BCUT2D eigenvalue weighted by molar-refractivity contribution is 6.04. The third kappa shape index (κ3) is 2.48. The lowest BCUT2D eigenvalue weighted by molar-refractivity contribution is 0.102. The van der Waals surface area contributed by atoms with Gasteiger partial charge in [0.05, 0.1) is 5.69 Å². The van der Waals surface area contributed by atoms with Crippen LogP contribution in [0.3, 0.4) is 0 Å². The van der Waals surface area contributed by atoms with Gasteiger partial charge in [0, 0.05) is 11.9 Å². The van der Waals surface area contributed by atoms with E-state index in [1.165, 1.54) is 0 Å². The molecular weight excluding hydrogens is 274 g/mol.